The first kappa shape index (κ1) is 22.1. The molecular formula is C26H24FN5O2. The molecule has 2 aliphatic rings. The molecule has 0 spiro atoms. The number of carbonyl (C=O) groups is 1. The van der Waals surface area contributed by atoms with Crippen molar-refractivity contribution in [2.45, 2.75) is 44.7 Å². The molecule has 1 atom stereocenters. The lowest BCUT2D eigenvalue weighted by Gasteiger charge is -2.32. The molecule has 1 aliphatic heterocycles. The van der Waals surface area contributed by atoms with Crippen molar-refractivity contribution in [3.63, 3.8) is 0 Å². The molecule has 172 valence electrons. The normalized spacial score (nSPS) is 22.4. The summed E-state index contributed by atoms with van der Waals surface area (Å²) in [4.78, 5) is 19.0. The minimum atomic E-state index is -0.484. The van der Waals surface area contributed by atoms with Gasteiger partial charge in [0, 0.05) is 24.3 Å². The minimum Gasteiger partial charge on any atom is -0.272 e. The molecule has 34 heavy (non-hydrogen) atoms. The third kappa shape index (κ3) is 4.25. The largest absolute Gasteiger partial charge is 0.272 e. The summed E-state index contributed by atoms with van der Waals surface area (Å²) in [6.07, 6.45) is 5.70. The summed E-state index contributed by atoms with van der Waals surface area (Å²) >= 11 is 0. The number of halogens is 1. The highest BCUT2D eigenvalue weighted by molar-refractivity contribution is 5.80. The lowest BCUT2D eigenvalue weighted by Crippen LogP contribution is -2.37. The summed E-state index contributed by atoms with van der Waals surface area (Å²) in [5.74, 6) is -0.288. The molecule has 8 heteroatoms. The Labute approximate surface area is 196 Å². The van der Waals surface area contributed by atoms with E-state index in [0.717, 1.165) is 43.1 Å². The number of rotatable bonds is 4. The summed E-state index contributed by atoms with van der Waals surface area (Å²) in [6.45, 7) is 1.14. The lowest BCUT2D eigenvalue weighted by molar-refractivity contribution is -0.183. The van der Waals surface area contributed by atoms with Gasteiger partial charge in [-0.05, 0) is 73.6 Å². The number of hydrogen-bond acceptors (Lipinski definition) is 5. The van der Waals surface area contributed by atoms with Crippen LogP contribution in [-0.4, -0.2) is 27.4 Å². The van der Waals surface area contributed by atoms with Gasteiger partial charge in [-0.15, -0.1) is 0 Å². The zero-order valence-corrected chi connectivity index (χ0v) is 18.7. The average Bonchev–Trinajstić information content (AvgIpc) is 3.51. The van der Waals surface area contributed by atoms with Crippen LogP contribution in [0.15, 0.2) is 42.6 Å². The molecule has 2 fully saturated rings. The van der Waals surface area contributed by atoms with Gasteiger partial charge in [0.2, 0.25) is 5.91 Å². The second-order valence-electron chi connectivity index (χ2n) is 9.12. The SMILES string of the molecule is N#Cc1cc(F)cc([C@@H]2CCON2C(=O)[C@H]2CC[C@H](Cn3ncc4ccc(C#N)cc43)CC2)c1. The van der Waals surface area contributed by atoms with Crippen LogP contribution in [0.25, 0.3) is 10.9 Å². The van der Waals surface area contributed by atoms with Crippen LogP contribution in [0, 0.1) is 40.3 Å². The van der Waals surface area contributed by atoms with Gasteiger partial charge in [-0.25, -0.2) is 9.45 Å². The molecule has 0 unspecified atom stereocenters. The van der Waals surface area contributed by atoms with Gasteiger partial charge >= 0.3 is 0 Å². The molecule has 3 aromatic rings. The van der Waals surface area contributed by atoms with Crippen molar-refractivity contribution >= 4 is 16.8 Å². The maximum Gasteiger partial charge on any atom is 0.249 e. The third-order valence-electron chi connectivity index (χ3n) is 6.96. The second kappa shape index (κ2) is 9.24. The van der Waals surface area contributed by atoms with Crippen molar-refractivity contribution in [2.75, 3.05) is 6.61 Å². The second-order valence-corrected chi connectivity index (χ2v) is 9.12. The maximum absolute atomic E-state index is 14.0. The predicted molar refractivity (Wildman–Crippen MR) is 121 cm³/mol. The van der Waals surface area contributed by atoms with Crippen LogP contribution in [-0.2, 0) is 16.2 Å². The van der Waals surface area contributed by atoms with Crippen molar-refractivity contribution in [1.29, 1.82) is 10.5 Å². The van der Waals surface area contributed by atoms with Crippen LogP contribution in [0.2, 0.25) is 0 Å². The highest BCUT2D eigenvalue weighted by Gasteiger charge is 2.37. The van der Waals surface area contributed by atoms with Gasteiger partial charge in [-0.2, -0.15) is 15.6 Å². The van der Waals surface area contributed by atoms with Gasteiger partial charge in [-0.3, -0.25) is 14.3 Å². The topological polar surface area (TPSA) is 94.9 Å². The first-order chi connectivity index (χ1) is 16.6. The smallest absolute Gasteiger partial charge is 0.249 e. The first-order valence-corrected chi connectivity index (χ1v) is 11.6. The van der Waals surface area contributed by atoms with E-state index in [1.165, 1.54) is 17.2 Å². The lowest BCUT2D eigenvalue weighted by atomic mass is 9.81. The number of amides is 1. The Balaban J connectivity index is 1.23. The van der Waals surface area contributed by atoms with E-state index in [1.807, 2.05) is 29.1 Å². The Kier molecular flexibility index (Phi) is 6.00. The van der Waals surface area contributed by atoms with Crippen LogP contribution in [0.5, 0.6) is 0 Å². The summed E-state index contributed by atoms with van der Waals surface area (Å²) in [5.41, 5.74) is 2.41. The third-order valence-corrected chi connectivity index (χ3v) is 6.96. The van der Waals surface area contributed by atoms with Crippen LogP contribution in [0.1, 0.15) is 54.8 Å². The van der Waals surface area contributed by atoms with E-state index in [1.54, 1.807) is 12.1 Å². The number of aromatic nitrogens is 2. The quantitative estimate of drug-likeness (QED) is 0.569. The fraction of sp³-hybridized carbons (Fsp3) is 0.385. The first-order valence-electron chi connectivity index (χ1n) is 11.6. The number of hydroxylamine groups is 2. The van der Waals surface area contributed by atoms with Crippen LogP contribution >= 0.6 is 0 Å². The Hall–Kier alpha value is -3.75. The molecule has 7 nitrogen and oxygen atoms in total. The zero-order valence-electron chi connectivity index (χ0n) is 18.7. The Bertz CT molecular complexity index is 1310. The fourth-order valence-electron chi connectivity index (χ4n) is 5.16. The summed E-state index contributed by atoms with van der Waals surface area (Å²) in [5, 5.41) is 25.3. The van der Waals surface area contributed by atoms with E-state index in [9.17, 15) is 14.4 Å². The van der Waals surface area contributed by atoms with Crippen LogP contribution in [0.4, 0.5) is 4.39 Å². The molecule has 0 N–H and O–H groups in total. The Morgan fingerprint density at radius 2 is 1.85 bits per heavy atom. The molecule has 2 heterocycles. The molecule has 2 aromatic carbocycles. The van der Waals surface area contributed by atoms with Gasteiger partial charge < -0.3 is 0 Å². The van der Waals surface area contributed by atoms with Crippen LogP contribution in [0.3, 0.4) is 0 Å². The molecule has 0 bridgehead atoms. The van der Waals surface area contributed by atoms with Crippen molar-refractivity contribution in [1.82, 2.24) is 14.8 Å². The van der Waals surface area contributed by atoms with Gasteiger partial charge in [0.15, 0.2) is 0 Å². The molecule has 1 amide bonds. The number of fused-ring (bicyclic) bond motifs is 1. The van der Waals surface area contributed by atoms with Gasteiger partial charge in [0.1, 0.15) is 5.82 Å². The number of nitriles is 2. The summed E-state index contributed by atoms with van der Waals surface area (Å²) in [6, 6.07) is 13.6. The summed E-state index contributed by atoms with van der Waals surface area (Å²) < 4.78 is 15.9. The van der Waals surface area contributed by atoms with Gasteiger partial charge in [-0.1, -0.05) is 0 Å². The van der Waals surface area contributed by atoms with Crippen molar-refractivity contribution in [3.8, 4) is 12.1 Å². The van der Waals surface area contributed by atoms with Gasteiger partial charge in [0.25, 0.3) is 0 Å². The standard InChI is InChI=1S/C26H24FN5O2/c27-23-10-19(14-29)9-22(12-23)24-7-8-34-32(24)26(33)20-4-1-17(2-5-20)16-31-25-11-18(13-28)3-6-21(25)15-30-31/h3,6,9-12,15,17,20,24H,1-2,4-5,7-8,16H2/t17-,20-,24-/m0/s1. The number of nitrogens with zero attached hydrogens (tertiary/aromatic N) is 5. The number of carbonyl (C=O) groups excluding carboxylic acids is 1. The highest BCUT2D eigenvalue weighted by atomic mass is 19.1. The molecule has 1 aromatic heterocycles. The number of benzene rings is 2. The van der Waals surface area contributed by atoms with E-state index in [2.05, 4.69) is 11.2 Å². The van der Waals surface area contributed by atoms with E-state index < -0.39 is 5.82 Å². The number of hydrogen-bond donors (Lipinski definition) is 0. The Morgan fingerprint density at radius 1 is 1.06 bits per heavy atom. The molecule has 1 saturated carbocycles. The molecular weight excluding hydrogens is 433 g/mol. The van der Waals surface area contributed by atoms with E-state index in [-0.39, 0.29) is 23.4 Å². The van der Waals surface area contributed by atoms with E-state index in [0.29, 0.717) is 30.1 Å². The average molecular weight is 458 g/mol. The molecule has 1 aliphatic carbocycles. The highest BCUT2D eigenvalue weighted by Crippen LogP contribution is 2.37. The fourth-order valence-corrected chi connectivity index (χ4v) is 5.16. The predicted octanol–water partition coefficient (Wildman–Crippen LogP) is 4.63. The van der Waals surface area contributed by atoms with Crippen LogP contribution < -0.4 is 0 Å². The van der Waals surface area contributed by atoms with Crippen molar-refractivity contribution in [2.24, 2.45) is 11.8 Å². The maximum atomic E-state index is 14.0. The van der Waals surface area contributed by atoms with E-state index >= 15 is 0 Å². The zero-order chi connectivity index (χ0) is 23.7. The minimum absolute atomic E-state index is 0.0630. The monoisotopic (exact) mass is 457 g/mol. The van der Waals surface area contributed by atoms with E-state index in [4.69, 9.17) is 10.1 Å². The Morgan fingerprint density at radius 3 is 2.62 bits per heavy atom. The summed E-state index contributed by atoms with van der Waals surface area (Å²) in [7, 11) is 0. The van der Waals surface area contributed by atoms with Crippen molar-refractivity contribution in [3.05, 3.63) is 65.1 Å². The molecule has 0 radical (unpaired) electrons. The van der Waals surface area contributed by atoms with Crippen molar-refractivity contribution < 1.29 is 14.0 Å². The van der Waals surface area contributed by atoms with Gasteiger partial charge in [0.05, 0.1) is 47.6 Å². The molecule has 1 saturated heterocycles. The molecule has 5 rings (SSSR count).